The Morgan fingerprint density at radius 1 is 1.27 bits per heavy atom. The van der Waals surface area contributed by atoms with Gasteiger partial charge in [-0.15, -0.1) is 0 Å². The lowest BCUT2D eigenvalue weighted by Crippen LogP contribution is -2.47. The summed E-state index contributed by atoms with van der Waals surface area (Å²) < 4.78 is 44.9. The van der Waals surface area contributed by atoms with Crippen molar-refractivity contribution in [1.82, 2.24) is 14.9 Å². The highest BCUT2D eigenvalue weighted by Crippen LogP contribution is 2.30. The van der Waals surface area contributed by atoms with Crippen LogP contribution in [0.4, 0.5) is 19.0 Å². The van der Waals surface area contributed by atoms with Crippen LogP contribution in [0.15, 0.2) is 47.1 Å². The molecule has 1 aromatic carbocycles. The summed E-state index contributed by atoms with van der Waals surface area (Å²) in [5.74, 6) is 0.186. The van der Waals surface area contributed by atoms with E-state index in [9.17, 15) is 18.0 Å². The molecule has 2 aromatic heterocycles. The molecule has 1 saturated heterocycles. The Morgan fingerprint density at radius 3 is 2.73 bits per heavy atom. The van der Waals surface area contributed by atoms with E-state index in [4.69, 9.17) is 10.5 Å². The summed E-state index contributed by atoms with van der Waals surface area (Å²) >= 11 is 3.36. The van der Waals surface area contributed by atoms with E-state index in [-0.39, 0.29) is 24.4 Å². The van der Waals surface area contributed by atoms with Gasteiger partial charge in [-0.25, -0.2) is 4.98 Å². The summed E-state index contributed by atoms with van der Waals surface area (Å²) in [5, 5.41) is 0.745. The lowest BCUT2D eigenvalue weighted by atomic mass is 9.95. The standard InChI is InChI=1S/C23H22BrF3N4O2/c1-13-12-33-7-6-20(13)31(11-17-4-3-16(10-29-17)23(25,26)27)22(32)14-2-5-19-15(8-14)9-18(24)21(28)30-19/h2-5,8-10,13,20H,6-7,11-12H2,1H3,(H2,28,30)/t13-,20-/m1/s1. The van der Waals surface area contributed by atoms with Crippen molar-refractivity contribution in [3.05, 3.63) is 63.9 Å². The van der Waals surface area contributed by atoms with Crippen LogP contribution < -0.4 is 5.73 Å². The summed E-state index contributed by atoms with van der Waals surface area (Å²) in [4.78, 5) is 23.6. The Labute approximate surface area is 197 Å². The molecule has 2 N–H and O–H groups in total. The molecule has 0 unspecified atom stereocenters. The van der Waals surface area contributed by atoms with Gasteiger partial charge in [0.05, 0.1) is 34.4 Å². The predicted octanol–water partition coefficient (Wildman–Crippen LogP) is 5.06. The number of pyridine rings is 2. The number of carbonyl (C=O) groups excluding carboxylic acids is 1. The molecular formula is C23H22BrF3N4O2. The van der Waals surface area contributed by atoms with Crippen molar-refractivity contribution >= 4 is 38.6 Å². The molecule has 1 fully saturated rings. The van der Waals surface area contributed by atoms with Crippen molar-refractivity contribution in [3.63, 3.8) is 0 Å². The smallest absolute Gasteiger partial charge is 0.383 e. The van der Waals surface area contributed by atoms with E-state index in [2.05, 4.69) is 25.9 Å². The molecule has 2 atom stereocenters. The third kappa shape index (κ3) is 5.11. The number of halogens is 4. The Hall–Kier alpha value is -2.72. The quantitative estimate of drug-likeness (QED) is 0.517. The molecule has 4 rings (SSSR count). The van der Waals surface area contributed by atoms with Gasteiger partial charge in [0.1, 0.15) is 5.82 Å². The van der Waals surface area contributed by atoms with Gasteiger partial charge in [0.25, 0.3) is 5.91 Å². The van der Waals surface area contributed by atoms with Crippen molar-refractivity contribution < 1.29 is 22.7 Å². The molecule has 1 amide bonds. The number of nitrogens with zero attached hydrogens (tertiary/aromatic N) is 3. The number of alkyl halides is 3. The predicted molar refractivity (Wildman–Crippen MR) is 121 cm³/mol. The maximum Gasteiger partial charge on any atom is 0.417 e. The van der Waals surface area contributed by atoms with Crippen LogP contribution >= 0.6 is 15.9 Å². The highest BCUT2D eigenvalue weighted by atomic mass is 79.9. The average molecular weight is 523 g/mol. The lowest BCUT2D eigenvalue weighted by Gasteiger charge is -2.38. The first-order valence-corrected chi connectivity index (χ1v) is 11.2. The molecule has 0 saturated carbocycles. The van der Waals surface area contributed by atoms with E-state index in [1.165, 1.54) is 6.07 Å². The van der Waals surface area contributed by atoms with Crippen molar-refractivity contribution in [3.8, 4) is 0 Å². The fourth-order valence-corrected chi connectivity index (χ4v) is 4.33. The minimum Gasteiger partial charge on any atom is -0.383 e. The van der Waals surface area contributed by atoms with Crippen LogP contribution in [0.25, 0.3) is 10.9 Å². The van der Waals surface area contributed by atoms with E-state index >= 15 is 0 Å². The van der Waals surface area contributed by atoms with Crippen LogP contribution in [0, 0.1) is 5.92 Å². The van der Waals surface area contributed by atoms with Crippen molar-refractivity contribution in [2.45, 2.75) is 32.1 Å². The molecule has 0 aliphatic carbocycles. The normalized spacial score (nSPS) is 18.9. The number of nitrogens with two attached hydrogens (primary N) is 1. The van der Waals surface area contributed by atoms with Crippen LogP contribution in [-0.4, -0.2) is 40.0 Å². The zero-order chi connectivity index (χ0) is 23.8. The molecule has 174 valence electrons. The van der Waals surface area contributed by atoms with E-state index in [0.29, 0.717) is 46.7 Å². The minimum atomic E-state index is -4.47. The zero-order valence-electron chi connectivity index (χ0n) is 17.8. The van der Waals surface area contributed by atoms with Crippen LogP contribution in [0.1, 0.15) is 35.0 Å². The highest BCUT2D eigenvalue weighted by Gasteiger charge is 2.33. The molecular weight excluding hydrogens is 501 g/mol. The molecule has 0 spiro atoms. The Kier molecular flexibility index (Phi) is 6.58. The molecule has 3 heterocycles. The Morgan fingerprint density at radius 2 is 2.06 bits per heavy atom. The maximum absolute atomic E-state index is 13.6. The van der Waals surface area contributed by atoms with Gasteiger partial charge >= 0.3 is 6.18 Å². The molecule has 1 aliphatic rings. The van der Waals surface area contributed by atoms with Crippen LogP contribution in [-0.2, 0) is 17.5 Å². The molecule has 0 radical (unpaired) electrons. The molecule has 3 aromatic rings. The van der Waals surface area contributed by atoms with Crippen LogP contribution in [0.5, 0.6) is 0 Å². The topological polar surface area (TPSA) is 81.3 Å². The summed E-state index contributed by atoms with van der Waals surface area (Å²) in [6.07, 6.45) is -3.03. The summed E-state index contributed by atoms with van der Waals surface area (Å²) in [6.45, 7) is 3.10. The number of rotatable bonds is 4. The maximum atomic E-state index is 13.6. The van der Waals surface area contributed by atoms with Gasteiger partial charge in [-0.2, -0.15) is 13.2 Å². The van der Waals surface area contributed by atoms with Gasteiger partial charge in [-0.3, -0.25) is 9.78 Å². The number of anilines is 1. The van der Waals surface area contributed by atoms with Crippen molar-refractivity contribution in [2.75, 3.05) is 18.9 Å². The van der Waals surface area contributed by atoms with Gasteiger partial charge in [0.2, 0.25) is 0 Å². The van der Waals surface area contributed by atoms with E-state index < -0.39 is 11.7 Å². The monoisotopic (exact) mass is 522 g/mol. The second kappa shape index (κ2) is 9.26. The van der Waals surface area contributed by atoms with Gasteiger partial charge in [-0.1, -0.05) is 6.92 Å². The number of hydrogen-bond donors (Lipinski definition) is 1. The van der Waals surface area contributed by atoms with Gasteiger partial charge in [0, 0.05) is 35.7 Å². The first-order chi connectivity index (χ1) is 15.6. The molecule has 6 nitrogen and oxygen atoms in total. The number of aromatic nitrogens is 2. The van der Waals surface area contributed by atoms with Crippen LogP contribution in [0.2, 0.25) is 0 Å². The van der Waals surface area contributed by atoms with E-state index in [0.717, 1.165) is 17.6 Å². The minimum absolute atomic E-state index is 0.0632. The molecule has 1 aliphatic heterocycles. The Balaban J connectivity index is 1.67. The number of fused-ring (bicyclic) bond motifs is 1. The second-order valence-electron chi connectivity index (χ2n) is 8.14. The third-order valence-corrected chi connectivity index (χ3v) is 6.42. The number of ether oxygens (including phenoxy) is 1. The number of benzene rings is 1. The fourth-order valence-electron chi connectivity index (χ4n) is 4.00. The largest absolute Gasteiger partial charge is 0.417 e. The SMILES string of the molecule is C[C@@H]1COCC[C@H]1N(Cc1ccc(C(F)(F)F)cn1)C(=O)c1ccc2nc(N)c(Br)cc2c1. The molecule has 10 heteroatoms. The fraction of sp³-hybridized carbons (Fsp3) is 0.348. The summed E-state index contributed by atoms with van der Waals surface area (Å²) in [5.41, 5.74) is 6.51. The average Bonchev–Trinajstić information content (AvgIpc) is 2.78. The third-order valence-electron chi connectivity index (χ3n) is 5.78. The van der Waals surface area contributed by atoms with Crippen molar-refractivity contribution in [1.29, 1.82) is 0 Å². The first kappa shape index (κ1) is 23.4. The highest BCUT2D eigenvalue weighted by molar-refractivity contribution is 9.10. The first-order valence-electron chi connectivity index (χ1n) is 10.4. The van der Waals surface area contributed by atoms with E-state index in [1.807, 2.05) is 6.92 Å². The Bertz CT molecular complexity index is 1170. The lowest BCUT2D eigenvalue weighted by molar-refractivity contribution is -0.137. The van der Waals surface area contributed by atoms with Crippen molar-refractivity contribution in [2.24, 2.45) is 5.92 Å². The summed E-state index contributed by atoms with van der Waals surface area (Å²) in [6, 6.07) is 9.12. The van der Waals surface area contributed by atoms with E-state index in [1.54, 1.807) is 29.2 Å². The number of nitrogen functional groups attached to an aromatic ring is 1. The zero-order valence-corrected chi connectivity index (χ0v) is 19.4. The number of hydrogen-bond acceptors (Lipinski definition) is 5. The molecule has 0 bridgehead atoms. The number of carbonyl (C=O) groups is 1. The number of amides is 1. The second-order valence-corrected chi connectivity index (χ2v) is 8.99. The molecule has 33 heavy (non-hydrogen) atoms. The van der Waals surface area contributed by atoms with Crippen LogP contribution in [0.3, 0.4) is 0 Å². The van der Waals surface area contributed by atoms with Gasteiger partial charge < -0.3 is 15.4 Å². The van der Waals surface area contributed by atoms with Gasteiger partial charge in [-0.05, 0) is 58.7 Å². The summed E-state index contributed by atoms with van der Waals surface area (Å²) in [7, 11) is 0. The van der Waals surface area contributed by atoms with Gasteiger partial charge in [0.15, 0.2) is 0 Å².